The number of aryl methyl sites for hydroxylation is 1. The minimum Gasteiger partial charge on any atom is -0.364 e. The average molecular weight is 480 g/mol. The highest BCUT2D eigenvalue weighted by atomic mass is 35.5. The summed E-state index contributed by atoms with van der Waals surface area (Å²) in [6.07, 6.45) is 1.43. The van der Waals surface area contributed by atoms with E-state index >= 15 is 0 Å². The highest BCUT2D eigenvalue weighted by Crippen LogP contribution is 2.27. The second-order valence-electron chi connectivity index (χ2n) is 8.37. The number of hydrogen-bond donors (Lipinski definition) is 3. The molecule has 0 saturated carbocycles. The third kappa shape index (κ3) is 5.87. The molecule has 0 amide bonds. The van der Waals surface area contributed by atoms with E-state index in [4.69, 9.17) is 11.6 Å². The molecule has 178 valence electrons. The largest absolute Gasteiger partial charge is 0.364 e. The van der Waals surface area contributed by atoms with Gasteiger partial charge in [0.15, 0.2) is 5.82 Å². The number of aromatic nitrogens is 4. The molecule has 3 aromatic rings. The average Bonchev–Trinajstić information content (AvgIpc) is 3.17. The van der Waals surface area contributed by atoms with E-state index in [0.29, 0.717) is 50.8 Å². The fraction of sp³-hybridized carbons (Fsp3) is 0.500. The minimum absolute atomic E-state index is 0.114. The van der Waals surface area contributed by atoms with Gasteiger partial charge in [0, 0.05) is 81.0 Å². The third-order valence-corrected chi connectivity index (χ3v) is 6.21. The number of nitrogens with one attached hydrogen (secondary N) is 3. The number of likely N-dealkylation sites (tertiary alicyclic amines) is 1. The first-order valence-corrected chi connectivity index (χ1v) is 11.4. The molecule has 3 heterocycles. The van der Waals surface area contributed by atoms with Crippen molar-refractivity contribution >= 4 is 28.3 Å². The van der Waals surface area contributed by atoms with E-state index in [-0.39, 0.29) is 24.2 Å². The fourth-order valence-electron chi connectivity index (χ4n) is 3.98. The summed E-state index contributed by atoms with van der Waals surface area (Å²) in [4.78, 5) is 19.1. The lowest BCUT2D eigenvalue weighted by atomic mass is 10.1. The van der Waals surface area contributed by atoms with Crippen LogP contribution in [0.1, 0.15) is 24.2 Å². The molecule has 0 bridgehead atoms. The number of piperidine rings is 1. The molecule has 0 unspecified atom stereocenters. The van der Waals surface area contributed by atoms with Gasteiger partial charge in [0.1, 0.15) is 0 Å². The maximum Gasteiger partial charge on any atom is 0.293 e. The van der Waals surface area contributed by atoms with E-state index in [9.17, 15) is 13.6 Å². The number of hydrogen-bond acceptors (Lipinski definition) is 6. The standard InChI is InChI=1S/C22H28ClF2N7O/c1-15-13-28-20(27-7-10-31-8-4-22(24,25)5-9-31)21(33)32(15)11-6-26-14-19-17-12-16(23)2-3-18(17)29-30-19/h2-3,12-13,26H,4-11,14H2,1H3,(H,27,28)(H,29,30). The molecule has 3 N–H and O–H groups in total. The van der Waals surface area contributed by atoms with Crippen LogP contribution in [0.4, 0.5) is 14.6 Å². The van der Waals surface area contributed by atoms with Gasteiger partial charge in [0.2, 0.25) is 0 Å². The lowest BCUT2D eigenvalue weighted by Gasteiger charge is -2.31. The Hall–Kier alpha value is -2.56. The highest BCUT2D eigenvalue weighted by Gasteiger charge is 2.33. The number of benzene rings is 1. The van der Waals surface area contributed by atoms with Gasteiger partial charge in [-0.1, -0.05) is 11.6 Å². The summed E-state index contributed by atoms with van der Waals surface area (Å²) in [5.74, 6) is -2.28. The Morgan fingerprint density at radius 1 is 1.21 bits per heavy atom. The van der Waals surface area contributed by atoms with Crippen molar-refractivity contribution < 1.29 is 8.78 Å². The molecule has 11 heteroatoms. The van der Waals surface area contributed by atoms with Crippen molar-refractivity contribution in [3.05, 3.63) is 51.2 Å². The first-order valence-electron chi connectivity index (χ1n) is 11.1. The molecule has 0 aliphatic carbocycles. The van der Waals surface area contributed by atoms with E-state index in [0.717, 1.165) is 22.3 Å². The number of nitrogens with zero attached hydrogens (tertiary/aromatic N) is 4. The summed E-state index contributed by atoms with van der Waals surface area (Å²) < 4.78 is 28.2. The van der Waals surface area contributed by atoms with E-state index in [1.807, 2.05) is 24.0 Å². The summed E-state index contributed by atoms with van der Waals surface area (Å²) >= 11 is 6.09. The van der Waals surface area contributed by atoms with Gasteiger partial charge in [0.05, 0.1) is 11.2 Å². The number of H-pyrrole nitrogens is 1. The first kappa shape index (κ1) is 23.6. The van der Waals surface area contributed by atoms with Gasteiger partial charge < -0.3 is 20.1 Å². The van der Waals surface area contributed by atoms with E-state index < -0.39 is 5.92 Å². The van der Waals surface area contributed by atoms with Crippen LogP contribution in [-0.4, -0.2) is 63.3 Å². The second kappa shape index (κ2) is 10.1. The molecule has 0 spiro atoms. The van der Waals surface area contributed by atoms with Gasteiger partial charge >= 0.3 is 0 Å². The molecule has 1 saturated heterocycles. The SMILES string of the molecule is Cc1cnc(NCCN2CCC(F)(F)CC2)c(=O)n1CCNCc1[nH]nc2ccc(Cl)cc12. The van der Waals surface area contributed by atoms with Gasteiger partial charge in [-0.25, -0.2) is 13.8 Å². The molecule has 0 atom stereocenters. The van der Waals surface area contributed by atoms with Crippen molar-refractivity contribution in [1.29, 1.82) is 0 Å². The predicted octanol–water partition coefficient (Wildman–Crippen LogP) is 3.01. The number of alkyl halides is 2. The van der Waals surface area contributed by atoms with Crippen molar-refractivity contribution in [3.63, 3.8) is 0 Å². The Labute approximate surface area is 195 Å². The number of halogens is 3. The zero-order chi connectivity index (χ0) is 23.4. The maximum atomic E-state index is 13.3. The normalized spacial score (nSPS) is 16.4. The van der Waals surface area contributed by atoms with Crippen LogP contribution in [-0.2, 0) is 13.1 Å². The van der Waals surface area contributed by atoms with Crippen LogP contribution in [0, 0.1) is 6.92 Å². The van der Waals surface area contributed by atoms with E-state index in [2.05, 4.69) is 25.8 Å². The molecule has 8 nitrogen and oxygen atoms in total. The van der Waals surface area contributed by atoms with E-state index in [1.165, 1.54) is 0 Å². The van der Waals surface area contributed by atoms with Crippen molar-refractivity contribution in [2.45, 2.75) is 38.8 Å². The van der Waals surface area contributed by atoms with Crippen LogP contribution in [0.5, 0.6) is 0 Å². The Balaban J connectivity index is 1.28. The van der Waals surface area contributed by atoms with Gasteiger partial charge in [-0.2, -0.15) is 5.10 Å². The Bertz CT molecular complexity index is 1150. The summed E-state index contributed by atoms with van der Waals surface area (Å²) in [5, 5.41) is 15.3. The van der Waals surface area contributed by atoms with Crippen molar-refractivity contribution in [3.8, 4) is 0 Å². The molecule has 33 heavy (non-hydrogen) atoms. The monoisotopic (exact) mass is 479 g/mol. The zero-order valence-electron chi connectivity index (χ0n) is 18.5. The molecular formula is C22H28ClF2N7O. The Kier molecular flexibility index (Phi) is 7.26. The molecular weight excluding hydrogens is 452 g/mol. The second-order valence-corrected chi connectivity index (χ2v) is 8.81. The summed E-state index contributed by atoms with van der Waals surface area (Å²) in [6.45, 7) is 5.27. The molecule has 1 aliphatic heterocycles. The number of anilines is 1. The molecule has 1 aromatic carbocycles. The maximum absolute atomic E-state index is 13.3. The zero-order valence-corrected chi connectivity index (χ0v) is 19.3. The van der Waals surface area contributed by atoms with Crippen LogP contribution in [0.15, 0.2) is 29.2 Å². The highest BCUT2D eigenvalue weighted by molar-refractivity contribution is 6.31. The summed E-state index contributed by atoms with van der Waals surface area (Å²) in [6, 6.07) is 5.55. The molecule has 1 fully saturated rings. The van der Waals surface area contributed by atoms with Crippen molar-refractivity contribution in [1.82, 2.24) is 30.0 Å². The van der Waals surface area contributed by atoms with Gasteiger partial charge in [-0.05, 0) is 25.1 Å². The Morgan fingerprint density at radius 3 is 2.79 bits per heavy atom. The van der Waals surface area contributed by atoms with Crippen molar-refractivity contribution in [2.24, 2.45) is 0 Å². The smallest absolute Gasteiger partial charge is 0.293 e. The lowest BCUT2D eigenvalue weighted by molar-refractivity contribution is -0.0543. The van der Waals surface area contributed by atoms with Gasteiger partial charge in [-0.15, -0.1) is 0 Å². The molecule has 1 aliphatic rings. The van der Waals surface area contributed by atoms with Crippen LogP contribution in [0.3, 0.4) is 0 Å². The number of aromatic amines is 1. The van der Waals surface area contributed by atoms with Crippen LogP contribution >= 0.6 is 11.6 Å². The molecule has 2 aromatic heterocycles. The van der Waals surface area contributed by atoms with Crippen LogP contribution in [0.2, 0.25) is 5.02 Å². The molecule has 4 rings (SSSR count). The minimum atomic E-state index is -2.55. The van der Waals surface area contributed by atoms with Crippen LogP contribution in [0.25, 0.3) is 10.9 Å². The quantitative estimate of drug-likeness (QED) is 0.409. The Morgan fingerprint density at radius 2 is 2.00 bits per heavy atom. The molecule has 0 radical (unpaired) electrons. The summed E-state index contributed by atoms with van der Waals surface area (Å²) in [5.41, 5.74) is 2.36. The number of fused-ring (bicyclic) bond motifs is 1. The summed E-state index contributed by atoms with van der Waals surface area (Å²) in [7, 11) is 0. The first-order chi connectivity index (χ1) is 15.8. The topological polar surface area (TPSA) is 90.9 Å². The van der Waals surface area contributed by atoms with Crippen molar-refractivity contribution in [2.75, 3.05) is 38.0 Å². The van der Waals surface area contributed by atoms with E-state index in [1.54, 1.807) is 16.8 Å². The third-order valence-electron chi connectivity index (χ3n) is 5.97. The lowest BCUT2D eigenvalue weighted by Crippen LogP contribution is -2.41. The van der Waals surface area contributed by atoms with Gasteiger partial charge in [-0.3, -0.25) is 9.89 Å². The van der Waals surface area contributed by atoms with Gasteiger partial charge in [0.25, 0.3) is 11.5 Å². The van der Waals surface area contributed by atoms with Crippen LogP contribution < -0.4 is 16.2 Å². The fourth-order valence-corrected chi connectivity index (χ4v) is 4.15. The predicted molar refractivity (Wildman–Crippen MR) is 125 cm³/mol. The number of rotatable bonds is 9.